The zero-order valence-corrected chi connectivity index (χ0v) is 11.5. The summed E-state index contributed by atoms with van der Waals surface area (Å²) in [5.74, 6) is 0. The van der Waals surface area contributed by atoms with E-state index in [0.29, 0.717) is 6.61 Å². The van der Waals surface area contributed by atoms with Gasteiger partial charge in [0.25, 0.3) is 0 Å². The van der Waals surface area contributed by atoms with Crippen molar-refractivity contribution in [1.29, 1.82) is 0 Å². The second kappa shape index (κ2) is 6.55. The summed E-state index contributed by atoms with van der Waals surface area (Å²) in [6, 6.07) is 6.01. The zero-order valence-electron chi connectivity index (χ0n) is 11.5. The third-order valence-electron chi connectivity index (χ3n) is 3.18. The third-order valence-corrected chi connectivity index (χ3v) is 3.18. The van der Waals surface area contributed by atoms with Crippen LogP contribution in [-0.2, 0) is 11.3 Å². The van der Waals surface area contributed by atoms with E-state index < -0.39 is 7.12 Å². The lowest BCUT2D eigenvalue weighted by Gasteiger charge is -2.00. The van der Waals surface area contributed by atoms with Crippen molar-refractivity contribution >= 4 is 18.7 Å². The first-order chi connectivity index (χ1) is 9.24. The quantitative estimate of drug-likeness (QED) is 0.661. The number of hydrogen-bond donors (Lipinski definition) is 1. The van der Waals surface area contributed by atoms with Crippen LogP contribution in [0.15, 0.2) is 48.1 Å². The summed E-state index contributed by atoms with van der Waals surface area (Å²) in [4.78, 5) is 0. The van der Waals surface area contributed by atoms with Crippen LogP contribution in [-0.4, -0.2) is 12.1 Å². The first-order valence-corrected chi connectivity index (χ1v) is 6.68. The fourth-order valence-electron chi connectivity index (χ4n) is 2.05. The highest BCUT2D eigenvalue weighted by molar-refractivity contribution is 6.61. The van der Waals surface area contributed by atoms with Crippen molar-refractivity contribution in [2.24, 2.45) is 0 Å². The molecular formula is C16H19BO2. The van der Waals surface area contributed by atoms with Crippen LogP contribution in [0.25, 0.3) is 6.08 Å². The minimum atomic E-state index is -0.758. The van der Waals surface area contributed by atoms with Crippen LogP contribution < -0.4 is 5.46 Å². The highest BCUT2D eigenvalue weighted by atomic mass is 16.5. The average Bonchev–Trinajstić information content (AvgIpc) is 2.80. The molecule has 0 fully saturated rings. The maximum absolute atomic E-state index is 9.57. The number of benzene rings is 1. The molecule has 0 saturated carbocycles. The van der Waals surface area contributed by atoms with Gasteiger partial charge in [0, 0.05) is 0 Å². The summed E-state index contributed by atoms with van der Waals surface area (Å²) < 4.78 is 5.19. The molecule has 1 aromatic carbocycles. The predicted molar refractivity (Wildman–Crippen MR) is 81.1 cm³/mol. The van der Waals surface area contributed by atoms with Crippen LogP contribution in [0.5, 0.6) is 0 Å². The zero-order chi connectivity index (χ0) is 13.7. The largest absolute Gasteiger partial charge is 0.491 e. The van der Waals surface area contributed by atoms with Crippen LogP contribution in [0.2, 0.25) is 0 Å². The van der Waals surface area contributed by atoms with Crippen molar-refractivity contribution in [2.75, 3.05) is 0 Å². The first kappa shape index (κ1) is 13.8. The van der Waals surface area contributed by atoms with Crippen LogP contribution in [0.1, 0.15) is 31.4 Å². The number of fused-ring (bicyclic) bond motifs is 1. The second-order valence-electron chi connectivity index (χ2n) is 4.55. The summed E-state index contributed by atoms with van der Waals surface area (Å²) in [5.41, 5.74) is 4.27. The Morgan fingerprint density at radius 2 is 2.26 bits per heavy atom. The molecule has 0 bridgehead atoms. The lowest BCUT2D eigenvalue weighted by atomic mass is 9.79. The fourth-order valence-corrected chi connectivity index (χ4v) is 2.05. The third kappa shape index (κ3) is 3.46. The van der Waals surface area contributed by atoms with Gasteiger partial charge >= 0.3 is 7.12 Å². The molecule has 0 aromatic heterocycles. The Morgan fingerprint density at radius 3 is 3.00 bits per heavy atom. The number of hydrogen-bond acceptors (Lipinski definition) is 2. The summed E-state index contributed by atoms with van der Waals surface area (Å²) >= 11 is 0. The minimum Gasteiger partial charge on any atom is -0.423 e. The molecule has 0 atom stereocenters. The standard InChI is InChI=1S/C16H19BO2/c1-3-5-6-13(4-2)7-8-14-9-10-16-15(11-14)12-19-17(16)18/h4-11,18H,3,12H2,1-2H3/b6-5-,8-7+,13-4+. The molecule has 98 valence electrons. The molecule has 0 amide bonds. The Balaban J connectivity index is 2.14. The molecule has 1 aliphatic heterocycles. The molecule has 0 aliphatic carbocycles. The van der Waals surface area contributed by atoms with E-state index >= 15 is 0 Å². The average molecular weight is 254 g/mol. The van der Waals surface area contributed by atoms with E-state index in [2.05, 4.69) is 43.4 Å². The molecule has 1 aromatic rings. The molecule has 19 heavy (non-hydrogen) atoms. The number of allylic oxidation sites excluding steroid dienone is 5. The van der Waals surface area contributed by atoms with E-state index in [0.717, 1.165) is 23.0 Å². The molecule has 0 spiro atoms. The molecule has 2 nitrogen and oxygen atoms in total. The lowest BCUT2D eigenvalue weighted by molar-refractivity contribution is 0.275. The maximum atomic E-state index is 9.57. The fraction of sp³-hybridized carbons (Fsp3) is 0.250. The summed E-state index contributed by atoms with van der Waals surface area (Å²) in [7, 11) is -0.758. The van der Waals surface area contributed by atoms with Crippen LogP contribution in [0.4, 0.5) is 0 Å². The Labute approximate surface area is 115 Å². The minimum absolute atomic E-state index is 0.490. The van der Waals surface area contributed by atoms with E-state index in [1.165, 1.54) is 5.57 Å². The molecule has 1 N–H and O–H groups in total. The Hall–Kier alpha value is -1.58. The van der Waals surface area contributed by atoms with Gasteiger partial charge in [-0.3, -0.25) is 0 Å². The van der Waals surface area contributed by atoms with Gasteiger partial charge in [-0.05, 0) is 41.6 Å². The Morgan fingerprint density at radius 1 is 1.42 bits per heavy atom. The first-order valence-electron chi connectivity index (χ1n) is 6.68. The van der Waals surface area contributed by atoms with Crippen molar-refractivity contribution in [3.63, 3.8) is 0 Å². The van der Waals surface area contributed by atoms with E-state index in [-0.39, 0.29) is 0 Å². The predicted octanol–water partition coefficient (Wildman–Crippen LogP) is 2.83. The number of rotatable bonds is 4. The van der Waals surface area contributed by atoms with Crippen LogP contribution >= 0.6 is 0 Å². The van der Waals surface area contributed by atoms with Gasteiger partial charge < -0.3 is 9.68 Å². The summed E-state index contributed by atoms with van der Waals surface area (Å²) in [6.45, 7) is 4.65. The van der Waals surface area contributed by atoms with Crippen molar-refractivity contribution < 1.29 is 9.68 Å². The summed E-state index contributed by atoms with van der Waals surface area (Å²) in [5, 5.41) is 9.57. The monoisotopic (exact) mass is 254 g/mol. The van der Waals surface area contributed by atoms with E-state index in [4.69, 9.17) is 4.65 Å². The molecular weight excluding hydrogens is 235 g/mol. The Bertz CT molecular complexity index is 530. The normalized spacial score (nSPS) is 15.7. The van der Waals surface area contributed by atoms with Gasteiger partial charge in [0.05, 0.1) is 6.61 Å². The second-order valence-corrected chi connectivity index (χ2v) is 4.55. The maximum Gasteiger partial charge on any atom is 0.491 e. The molecule has 2 rings (SSSR count). The van der Waals surface area contributed by atoms with Crippen molar-refractivity contribution in [3.05, 3.63) is 59.2 Å². The van der Waals surface area contributed by atoms with E-state index in [1.807, 2.05) is 19.1 Å². The lowest BCUT2D eigenvalue weighted by Crippen LogP contribution is -2.27. The molecule has 1 aliphatic rings. The highest BCUT2D eigenvalue weighted by Gasteiger charge is 2.26. The van der Waals surface area contributed by atoms with Gasteiger partial charge in [-0.15, -0.1) is 0 Å². The van der Waals surface area contributed by atoms with Gasteiger partial charge in [0.2, 0.25) is 0 Å². The van der Waals surface area contributed by atoms with Crippen LogP contribution in [0.3, 0.4) is 0 Å². The van der Waals surface area contributed by atoms with Crippen molar-refractivity contribution in [2.45, 2.75) is 26.9 Å². The SMILES string of the molecule is C/C=C(\C=C/CC)/C=C/c1ccc2c(c1)COB2O. The van der Waals surface area contributed by atoms with Crippen molar-refractivity contribution in [3.8, 4) is 0 Å². The molecule has 3 heteroatoms. The van der Waals surface area contributed by atoms with Crippen molar-refractivity contribution in [1.82, 2.24) is 0 Å². The van der Waals surface area contributed by atoms with Gasteiger partial charge in [0.1, 0.15) is 0 Å². The molecule has 1 heterocycles. The van der Waals surface area contributed by atoms with Gasteiger partial charge in [-0.25, -0.2) is 0 Å². The van der Waals surface area contributed by atoms with E-state index in [9.17, 15) is 5.02 Å². The molecule has 0 unspecified atom stereocenters. The smallest absolute Gasteiger partial charge is 0.423 e. The highest BCUT2D eigenvalue weighted by Crippen LogP contribution is 2.14. The van der Waals surface area contributed by atoms with Crippen LogP contribution in [0, 0.1) is 0 Å². The van der Waals surface area contributed by atoms with Gasteiger partial charge in [-0.1, -0.05) is 49.4 Å². The van der Waals surface area contributed by atoms with Gasteiger partial charge in [0.15, 0.2) is 0 Å². The van der Waals surface area contributed by atoms with Gasteiger partial charge in [-0.2, -0.15) is 0 Å². The Kier molecular flexibility index (Phi) is 4.77. The summed E-state index contributed by atoms with van der Waals surface area (Å²) in [6.07, 6.45) is 11.6. The topological polar surface area (TPSA) is 29.5 Å². The van der Waals surface area contributed by atoms with E-state index in [1.54, 1.807) is 0 Å². The molecule has 0 radical (unpaired) electrons. The molecule has 0 saturated heterocycles.